The molecule has 0 bridgehead atoms. The van der Waals surface area contributed by atoms with Gasteiger partial charge in [-0.3, -0.25) is 9.59 Å². The molecule has 5 aromatic carbocycles. The lowest BCUT2D eigenvalue weighted by molar-refractivity contribution is -0.671. The second kappa shape index (κ2) is 29.4. The van der Waals surface area contributed by atoms with Crippen LogP contribution in [0.1, 0.15) is 164 Å². The van der Waals surface area contributed by atoms with Crippen molar-refractivity contribution >= 4 is 63.5 Å². The number of benzene rings is 5. The molecule has 80 heavy (non-hydrogen) atoms. The highest BCUT2D eigenvalue weighted by Gasteiger charge is 2.46. The first kappa shape index (κ1) is 67.2. The minimum atomic E-state index is -0.137. The first-order valence-electron chi connectivity index (χ1n) is 27.4. The Balaban J connectivity index is 0.000000399. The van der Waals surface area contributed by atoms with E-state index < -0.39 is 0 Å². The number of carbonyl (C=O) groups is 2. The van der Waals surface area contributed by atoms with Crippen molar-refractivity contribution in [3.8, 4) is 0 Å². The normalized spacial score (nSPS) is 16.0. The summed E-state index contributed by atoms with van der Waals surface area (Å²) in [6, 6.07) is 37.8. The van der Waals surface area contributed by atoms with Gasteiger partial charge < -0.3 is 19.3 Å². The number of aryl methyl sites for hydroxylation is 3. The number of hydrogen-bond acceptors (Lipinski definition) is 6. The molecule has 4 heterocycles. The third kappa shape index (κ3) is 13.7. The summed E-state index contributed by atoms with van der Waals surface area (Å²) in [5.74, 6) is 0. The fourth-order valence-electron chi connectivity index (χ4n) is 12.0. The van der Waals surface area contributed by atoms with Crippen molar-refractivity contribution in [2.45, 2.75) is 168 Å². The Morgan fingerprint density at radius 3 is 1.60 bits per heavy atom. The van der Waals surface area contributed by atoms with Crippen molar-refractivity contribution in [3.05, 3.63) is 184 Å². The van der Waals surface area contributed by atoms with Crippen LogP contribution in [0.25, 0.3) is 27.8 Å². The molecule has 8 nitrogen and oxygen atoms in total. The van der Waals surface area contributed by atoms with Crippen molar-refractivity contribution < 1.29 is 28.2 Å². The van der Waals surface area contributed by atoms with E-state index in [0.29, 0.717) is 26.2 Å². The smallest absolute Gasteiger partial charge is 0.293 e. The lowest BCUT2D eigenvalue weighted by Crippen LogP contribution is -2.34. The second-order valence-corrected chi connectivity index (χ2v) is 22.0. The number of ether oxygens (including phenoxy) is 2. The highest BCUT2D eigenvalue weighted by molar-refractivity contribution is 6.07. The number of nitrogens with zero attached hydrogens (tertiary/aromatic N) is 4. The molecule has 0 radical (unpaired) electrons. The van der Waals surface area contributed by atoms with E-state index in [-0.39, 0.29) is 53.4 Å². The largest absolute Gasteiger partial charge is 0.468 e. The number of pyridine rings is 1. The Bertz CT molecular complexity index is 3210. The first-order chi connectivity index (χ1) is 36.2. The Morgan fingerprint density at radius 2 is 1.05 bits per heavy atom. The van der Waals surface area contributed by atoms with Crippen LogP contribution in [0.3, 0.4) is 0 Å². The average molecular weight is 1090 g/mol. The maximum atomic E-state index is 10.5. The number of hydrogen-bond donors (Lipinski definition) is 0. The molecule has 1 aromatic heterocycles. The summed E-state index contributed by atoms with van der Waals surface area (Å²) in [6.07, 6.45) is 21.8. The second-order valence-electron chi connectivity index (χ2n) is 22.0. The highest BCUT2D eigenvalue weighted by atomic mass is 16.5. The zero-order chi connectivity index (χ0) is 53.3. The molecular formula is C72H100N4O4+2. The van der Waals surface area contributed by atoms with Crippen LogP contribution in [-0.4, -0.2) is 56.1 Å². The van der Waals surface area contributed by atoms with E-state index in [9.17, 15) is 9.59 Å². The molecule has 0 atom stereocenters. The molecule has 6 aromatic rings. The van der Waals surface area contributed by atoms with E-state index in [1.165, 1.54) is 89.2 Å². The SMILES string of the molecule is C.C.C.C.C.CCN1/C(=C/C=CC2=[N+](CCCCCOC=O)c3ccc4ccccc4c3C2(C)C)C(C)(C)c2cc(C)ccc21.CCN1/C(=C/C=Cc2cc[n+](CCCCCOC=O)c3ccccc23)C(C)(C)c2cc(C)ccc21. The van der Waals surface area contributed by atoms with Crippen LogP contribution >= 0.6 is 0 Å². The molecule has 9 rings (SSSR count). The van der Waals surface area contributed by atoms with Gasteiger partial charge in [0.05, 0.1) is 24.0 Å². The van der Waals surface area contributed by atoms with Crippen molar-refractivity contribution in [2.24, 2.45) is 0 Å². The van der Waals surface area contributed by atoms with Crippen LogP contribution in [0.2, 0.25) is 0 Å². The summed E-state index contributed by atoms with van der Waals surface area (Å²) in [4.78, 5) is 25.7. The summed E-state index contributed by atoms with van der Waals surface area (Å²) in [7, 11) is 0. The maximum Gasteiger partial charge on any atom is 0.293 e. The molecule has 0 fully saturated rings. The molecule has 0 spiro atoms. The van der Waals surface area contributed by atoms with Gasteiger partial charge in [0.25, 0.3) is 12.9 Å². The van der Waals surface area contributed by atoms with Gasteiger partial charge in [0.2, 0.25) is 11.2 Å². The van der Waals surface area contributed by atoms with Gasteiger partial charge in [0.1, 0.15) is 13.1 Å². The molecule has 3 aliphatic heterocycles. The van der Waals surface area contributed by atoms with E-state index in [4.69, 9.17) is 9.47 Å². The van der Waals surface area contributed by atoms with Gasteiger partial charge >= 0.3 is 0 Å². The summed E-state index contributed by atoms with van der Waals surface area (Å²) < 4.78 is 14.5. The summed E-state index contributed by atoms with van der Waals surface area (Å²) >= 11 is 0. The summed E-state index contributed by atoms with van der Waals surface area (Å²) in [6.45, 7) is 28.7. The molecule has 0 aliphatic carbocycles. The number of allylic oxidation sites excluding steroid dienone is 7. The monoisotopic (exact) mass is 1080 g/mol. The van der Waals surface area contributed by atoms with E-state index in [1.807, 2.05) is 0 Å². The Labute approximate surface area is 484 Å². The van der Waals surface area contributed by atoms with Gasteiger partial charge in [-0.2, -0.15) is 9.14 Å². The highest BCUT2D eigenvalue weighted by Crippen LogP contribution is 2.50. The number of aromatic nitrogens is 1. The fourth-order valence-corrected chi connectivity index (χ4v) is 12.0. The minimum Gasteiger partial charge on any atom is -0.468 e. The third-order valence-electron chi connectivity index (χ3n) is 15.9. The predicted molar refractivity (Wildman–Crippen MR) is 345 cm³/mol. The van der Waals surface area contributed by atoms with Crippen molar-refractivity contribution in [3.63, 3.8) is 0 Å². The van der Waals surface area contributed by atoms with Gasteiger partial charge in [-0.1, -0.05) is 155 Å². The lowest BCUT2D eigenvalue weighted by Gasteiger charge is -2.25. The Morgan fingerprint density at radius 1 is 0.537 bits per heavy atom. The third-order valence-corrected chi connectivity index (χ3v) is 15.9. The Kier molecular flexibility index (Phi) is 24.7. The van der Waals surface area contributed by atoms with Crippen LogP contribution < -0.4 is 14.4 Å². The number of para-hydroxylation sites is 1. The van der Waals surface area contributed by atoms with Gasteiger partial charge in [-0.15, -0.1) is 0 Å². The number of fused-ring (bicyclic) bond motifs is 6. The quantitative estimate of drug-likeness (QED) is 0.0431. The fraction of sp³-hybridized carbons (Fsp3) is 0.417. The van der Waals surface area contributed by atoms with Crippen molar-refractivity contribution in [1.29, 1.82) is 0 Å². The molecule has 3 aliphatic rings. The van der Waals surface area contributed by atoms with Gasteiger partial charge in [0, 0.05) is 89.4 Å². The molecule has 0 N–H and O–H groups in total. The van der Waals surface area contributed by atoms with Crippen LogP contribution in [0, 0.1) is 13.8 Å². The van der Waals surface area contributed by atoms with Gasteiger partial charge in [0.15, 0.2) is 11.9 Å². The van der Waals surface area contributed by atoms with Crippen molar-refractivity contribution in [2.75, 3.05) is 42.6 Å². The lowest BCUT2D eigenvalue weighted by atomic mass is 9.79. The number of rotatable bonds is 20. The Hall–Kier alpha value is -7.06. The molecule has 0 saturated heterocycles. The van der Waals surface area contributed by atoms with E-state index in [0.717, 1.165) is 64.7 Å². The van der Waals surface area contributed by atoms with Gasteiger partial charge in [-0.25, -0.2) is 0 Å². The molecule has 0 saturated carbocycles. The number of carbonyl (C=O) groups excluding carboxylic acids is 2. The molecule has 0 amide bonds. The number of anilines is 2. The number of likely N-dealkylation sites (N-methyl/N-ethyl adjacent to an activating group) is 2. The van der Waals surface area contributed by atoms with Crippen LogP contribution in [0.15, 0.2) is 151 Å². The minimum absolute atomic E-state index is 0. The molecular weight excluding hydrogens is 985 g/mol. The molecule has 8 heteroatoms. The van der Waals surface area contributed by atoms with Crippen LogP contribution in [0.5, 0.6) is 0 Å². The van der Waals surface area contributed by atoms with E-state index >= 15 is 0 Å². The first-order valence-corrected chi connectivity index (χ1v) is 27.4. The zero-order valence-corrected chi connectivity index (χ0v) is 46.4. The standard InChI is InChI=1S/C36H43N2O2.C31H37N2O2.5CH4/c1-7-37-30-20-18-26(2)24-29(30)35(3,4)32(37)16-13-17-33-36(5,6)34-28-15-10-9-14-27(28)19-21-31(34)38(33)22-11-8-12-23-40-25-39;1-5-33-29-17-16-24(2)22-27(29)31(3,4)30(33)15-11-12-25-18-20-32(19-9-6-10-21-35-23-34)28-14-8-7-13-26(25)28;;;;;/h9-10,13-21,24-25H,7-8,11-12,22-23H2,1-6H3;7-8,11-18,20,22-23H,5-6,9-10,19,21H2,1-4H3;5*1H4/q2*+1;;;;;. The van der Waals surface area contributed by atoms with Crippen LogP contribution in [0.4, 0.5) is 17.1 Å². The van der Waals surface area contributed by atoms with Crippen LogP contribution in [-0.2, 0) is 41.9 Å². The molecule has 0 unspecified atom stereocenters. The summed E-state index contributed by atoms with van der Waals surface area (Å²) in [5.41, 5.74) is 17.0. The predicted octanol–water partition coefficient (Wildman–Crippen LogP) is 17.8. The van der Waals surface area contributed by atoms with E-state index in [1.54, 1.807) is 0 Å². The average Bonchev–Trinajstić information content (AvgIpc) is 3.86. The number of unbranched alkanes of at least 4 members (excludes halogenated alkanes) is 4. The maximum absolute atomic E-state index is 10.5. The van der Waals surface area contributed by atoms with Crippen molar-refractivity contribution in [1.82, 2.24) is 0 Å². The topological polar surface area (TPSA) is 66.0 Å². The van der Waals surface area contributed by atoms with E-state index in [2.05, 4.69) is 234 Å². The molecule has 430 valence electrons. The zero-order valence-electron chi connectivity index (χ0n) is 46.4. The van der Waals surface area contributed by atoms with Gasteiger partial charge in [-0.05, 0) is 131 Å². The summed E-state index contributed by atoms with van der Waals surface area (Å²) in [5, 5.41) is 3.87.